The van der Waals surface area contributed by atoms with E-state index in [1.165, 1.54) is 15.9 Å². The number of ether oxygens (including phenoxy) is 1. The van der Waals surface area contributed by atoms with E-state index in [-0.39, 0.29) is 37.7 Å². The summed E-state index contributed by atoms with van der Waals surface area (Å²) in [6, 6.07) is 18.2. The number of benzene rings is 2. The van der Waals surface area contributed by atoms with Gasteiger partial charge >= 0.3 is 13.7 Å². The van der Waals surface area contributed by atoms with E-state index in [1.807, 2.05) is 55.5 Å². The molecule has 3 amide bonds. The highest BCUT2D eigenvalue weighted by molar-refractivity contribution is 7.51. The summed E-state index contributed by atoms with van der Waals surface area (Å²) in [5.41, 5.74) is 1.80. The second kappa shape index (κ2) is 14.2. The number of piperazine rings is 1. The number of aromatic nitrogens is 2. The van der Waals surface area contributed by atoms with Crippen LogP contribution in [0.25, 0.3) is 22.6 Å². The van der Waals surface area contributed by atoms with Crippen molar-refractivity contribution in [3.8, 4) is 22.6 Å². The Hall–Kier alpha value is -4.12. The molecule has 1 aliphatic heterocycles. The largest absolute Gasteiger partial charge is 0.449 e. The third kappa shape index (κ3) is 8.45. The molecule has 0 aliphatic carbocycles. The first-order chi connectivity index (χ1) is 20.1. The molecule has 3 N–H and O–H groups in total. The van der Waals surface area contributed by atoms with E-state index < -0.39 is 37.7 Å². The van der Waals surface area contributed by atoms with Crippen molar-refractivity contribution in [3.05, 3.63) is 72.4 Å². The zero-order chi connectivity index (χ0) is 30.1. The molecule has 12 nitrogen and oxygen atoms in total. The number of nitrogens with zero attached hydrogens (tertiary/aromatic N) is 4. The first-order valence-corrected chi connectivity index (χ1v) is 15.5. The highest BCUT2D eigenvalue weighted by atomic mass is 31.2. The lowest BCUT2D eigenvalue weighted by Crippen LogP contribution is -2.56. The lowest BCUT2D eigenvalue weighted by atomic mass is 10.1. The van der Waals surface area contributed by atoms with Gasteiger partial charge in [-0.3, -0.25) is 14.2 Å². The van der Waals surface area contributed by atoms with Crippen LogP contribution in [0.3, 0.4) is 0 Å². The molecule has 0 radical (unpaired) electrons. The Bertz CT molecular complexity index is 1370. The van der Waals surface area contributed by atoms with Crippen molar-refractivity contribution in [2.45, 2.75) is 25.8 Å². The SMILES string of the molecule is CCCCOC(=O)N1CCN(C(=O)C(CP(=O)(O)O)NC(=O)c2cc(-c3ccccc3)nc(-c3ccccc3)n2)CC1. The minimum absolute atomic E-state index is 0.0640. The molecule has 1 saturated heterocycles. The van der Waals surface area contributed by atoms with Crippen molar-refractivity contribution in [2.75, 3.05) is 38.9 Å². The number of rotatable bonds is 10. The fourth-order valence-electron chi connectivity index (χ4n) is 4.42. The van der Waals surface area contributed by atoms with Crippen molar-refractivity contribution < 1.29 is 33.5 Å². The van der Waals surface area contributed by atoms with E-state index in [9.17, 15) is 28.7 Å². The molecule has 4 rings (SSSR count). The number of amides is 3. The van der Waals surface area contributed by atoms with E-state index >= 15 is 0 Å². The van der Waals surface area contributed by atoms with Crippen LogP contribution in [-0.4, -0.2) is 92.5 Å². The molecule has 222 valence electrons. The van der Waals surface area contributed by atoms with Gasteiger partial charge in [0.2, 0.25) is 5.91 Å². The second-order valence-corrected chi connectivity index (χ2v) is 11.5. The topological polar surface area (TPSA) is 162 Å². The van der Waals surface area contributed by atoms with Crippen molar-refractivity contribution in [3.63, 3.8) is 0 Å². The van der Waals surface area contributed by atoms with Crippen molar-refractivity contribution in [1.29, 1.82) is 0 Å². The smallest absolute Gasteiger partial charge is 0.409 e. The van der Waals surface area contributed by atoms with Crippen LogP contribution in [0.2, 0.25) is 0 Å². The van der Waals surface area contributed by atoms with Crippen molar-refractivity contribution in [2.24, 2.45) is 0 Å². The zero-order valence-corrected chi connectivity index (χ0v) is 24.2. The molecule has 1 atom stereocenters. The van der Waals surface area contributed by atoms with Crippen LogP contribution in [0, 0.1) is 0 Å². The Morgan fingerprint density at radius 3 is 2.12 bits per heavy atom. The maximum atomic E-state index is 13.5. The van der Waals surface area contributed by atoms with Gasteiger partial charge in [0.05, 0.1) is 18.5 Å². The molecule has 1 aromatic heterocycles. The van der Waals surface area contributed by atoms with Crippen LogP contribution in [0.15, 0.2) is 66.7 Å². The number of carbonyl (C=O) groups excluding carboxylic acids is 3. The molecule has 0 bridgehead atoms. The van der Waals surface area contributed by atoms with E-state index in [0.717, 1.165) is 18.4 Å². The summed E-state index contributed by atoms with van der Waals surface area (Å²) in [6.45, 7) is 2.93. The molecular weight excluding hydrogens is 561 g/mol. The average molecular weight is 596 g/mol. The summed E-state index contributed by atoms with van der Waals surface area (Å²) in [5, 5.41) is 2.49. The highest BCUT2D eigenvalue weighted by Gasteiger charge is 2.35. The van der Waals surface area contributed by atoms with Gasteiger partial charge in [-0.25, -0.2) is 14.8 Å². The predicted octanol–water partition coefficient (Wildman–Crippen LogP) is 3.17. The highest BCUT2D eigenvalue weighted by Crippen LogP contribution is 2.35. The second-order valence-electron chi connectivity index (χ2n) is 9.85. The number of hydrogen-bond acceptors (Lipinski definition) is 7. The molecule has 42 heavy (non-hydrogen) atoms. The molecule has 13 heteroatoms. The maximum Gasteiger partial charge on any atom is 0.409 e. The van der Waals surface area contributed by atoms with Gasteiger partial charge < -0.3 is 29.6 Å². The molecule has 2 heterocycles. The van der Waals surface area contributed by atoms with Gasteiger partial charge in [0, 0.05) is 37.3 Å². The van der Waals surface area contributed by atoms with Gasteiger partial charge in [-0.15, -0.1) is 0 Å². The van der Waals surface area contributed by atoms with Gasteiger partial charge in [-0.1, -0.05) is 74.0 Å². The van der Waals surface area contributed by atoms with Crippen LogP contribution in [0.4, 0.5) is 4.79 Å². The van der Waals surface area contributed by atoms with Crippen LogP contribution >= 0.6 is 7.60 Å². The lowest BCUT2D eigenvalue weighted by molar-refractivity contribution is -0.134. The molecule has 1 unspecified atom stereocenters. The summed E-state index contributed by atoms with van der Waals surface area (Å²) in [4.78, 5) is 70.4. The molecule has 0 saturated carbocycles. The quantitative estimate of drug-likeness (QED) is 0.236. The first-order valence-electron chi connectivity index (χ1n) is 13.7. The van der Waals surface area contributed by atoms with Crippen LogP contribution < -0.4 is 5.32 Å². The molecule has 1 aliphatic rings. The van der Waals surface area contributed by atoms with Gasteiger partial charge in [-0.2, -0.15) is 0 Å². The van der Waals surface area contributed by atoms with E-state index in [1.54, 1.807) is 12.1 Å². The van der Waals surface area contributed by atoms with Gasteiger partial charge in [0.15, 0.2) is 5.82 Å². The minimum atomic E-state index is -4.71. The monoisotopic (exact) mass is 595 g/mol. The standard InChI is InChI=1S/C29H34N5O7P/c1-2-3-18-41-29(37)34-16-14-33(15-17-34)28(36)25(20-42(38,39)40)32-27(35)24-19-23(21-10-6-4-7-11-21)30-26(31-24)22-12-8-5-9-13-22/h4-13,19,25H,2-3,14-18,20H2,1H3,(H,32,35)(H2,38,39,40). The molecule has 3 aromatic rings. The van der Waals surface area contributed by atoms with Crippen LogP contribution in [-0.2, 0) is 14.1 Å². The molecule has 0 spiro atoms. The Morgan fingerprint density at radius 1 is 0.929 bits per heavy atom. The fraction of sp³-hybridized carbons (Fsp3) is 0.345. The number of carbonyl (C=O) groups is 3. The van der Waals surface area contributed by atoms with Gasteiger partial charge in [-0.05, 0) is 12.5 Å². The van der Waals surface area contributed by atoms with Gasteiger partial charge in [0.1, 0.15) is 11.7 Å². The minimum Gasteiger partial charge on any atom is -0.449 e. The van der Waals surface area contributed by atoms with E-state index in [2.05, 4.69) is 15.3 Å². The third-order valence-electron chi connectivity index (χ3n) is 6.66. The Balaban J connectivity index is 1.54. The van der Waals surface area contributed by atoms with Gasteiger partial charge in [0.25, 0.3) is 5.91 Å². The zero-order valence-electron chi connectivity index (χ0n) is 23.3. The Kier molecular flexibility index (Phi) is 10.4. The fourth-order valence-corrected chi connectivity index (χ4v) is 5.14. The number of nitrogens with one attached hydrogen (secondary N) is 1. The summed E-state index contributed by atoms with van der Waals surface area (Å²) in [6.07, 6.45) is 0.278. The third-order valence-corrected chi connectivity index (χ3v) is 7.50. The maximum absolute atomic E-state index is 13.5. The summed E-state index contributed by atoms with van der Waals surface area (Å²) >= 11 is 0. The van der Waals surface area contributed by atoms with Crippen LogP contribution in [0.5, 0.6) is 0 Å². The molecule has 2 aromatic carbocycles. The summed E-state index contributed by atoms with van der Waals surface area (Å²) in [5.74, 6) is -1.16. The Labute approximate surface area is 243 Å². The summed E-state index contributed by atoms with van der Waals surface area (Å²) in [7, 11) is -4.71. The first kappa shape index (κ1) is 30.8. The van der Waals surface area contributed by atoms with E-state index in [0.29, 0.717) is 17.9 Å². The molecular formula is C29H34N5O7P. The van der Waals surface area contributed by atoms with Crippen molar-refractivity contribution in [1.82, 2.24) is 25.1 Å². The van der Waals surface area contributed by atoms with Crippen LogP contribution in [0.1, 0.15) is 30.3 Å². The lowest BCUT2D eigenvalue weighted by Gasteiger charge is -2.36. The molecule has 1 fully saturated rings. The Morgan fingerprint density at radius 2 is 1.52 bits per heavy atom. The normalized spacial score (nSPS) is 14.3. The average Bonchev–Trinajstić information content (AvgIpc) is 3.00. The van der Waals surface area contributed by atoms with Crippen molar-refractivity contribution >= 4 is 25.5 Å². The number of unbranched alkanes of at least 4 members (excludes halogenated alkanes) is 1. The predicted molar refractivity (Wildman–Crippen MR) is 155 cm³/mol. The summed E-state index contributed by atoms with van der Waals surface area (Å²) < 4.78 is 17.2. The number of hydrogen-bond donors (Lipinski definition) is 3. The van der Waals surface area contributed by atoms with E-state index in [4.69, 9.17) is 4.74 Å².